The minimum Gasteiger partial charge on any atom is -0.389 e. The Morgan fingerprint density at radius 2 is 1.71 bits per heavy atom. The van der Waals surface area contributed by atoms with Crippen molar-refractivity contribution in [2.45, 2.75) is 89.9 Å². The van der Waals surface area contributed by atoms with Gasteiger partial charge in [0.1, 0.15) is 0 Å². The number of hydrogen-bond acceptors (Lipinski definition) is 3. The lowest BCUT2D eigenvalue weighted by molar-refractivity contribution is -0.0287. The highest BCUT2D eigenvalue weighted by molar-refractivity contribution is 4.77. The Bertz CT molecular complexity index is 270. The van der Waals surface area contributed by atoms with E-state index < -0.39 is 0 Å². The SMILES string of the molecule is CC1CCC(OCC(O)CNC(C)C2CCCCC2)CC1. The van der Waals surface area contributed by atoms with Crippen LogP contribution in [0.5, 0.6) is 0 Å². The molecule has 0 saturated heterocycles. The van der Waals surface area contributed by atoms with E-state index in [0.29, 0.717) is 25.3 Å². The molecule has 0 aromatic carbocycles. The molecule has 0 aliphatic heterocycles. The first-order valence-corrected chi connectivity index (χ1v) is 9.18. The van der Waals surface area contributed by atoms with Gasteiger partial charge in [-0.1, -0.05) is 26.2 Å². The molecular weight excluding hydrogens is 262 g/mol. The Balaban J connectivity index is 1.55. The van der Waals surface area contributed by atoms with Gasteiger partial charge in [-0.2, -0.15) is 0 Å². The number of rotatable bonds is 7. The number of aliphatic hydroxyl groups is 1. The summed E-state index contributed by atoms with van der Waals surface area (Å²) in [6.07, 6.45) is 11.8. The normalized spacial score (nSPS) is 31.0. The van der Waals surface area contributed by atoms with Gasteiger partial charge in [0.25, 0.3) is 0 Å². The summed E-state index contributed by atoms with van der Waals surface area (Å²) in [7, 11) is 0. The van der Waals surface area contributed by atoms with Crippen molar-refractivity contribution in [3.8, 4) is 0 Å². The van der Waals surface area contributed by atoms with Crippen molar-refractivity contribution in [2.24, 2.45) is 11.8 Å². The van der Waals surface area contributed by atoms with E-state index in [2.05, 4.69) is 19.2 Å². The molecule has 2 unspecified atom stereocenters. The molecule has 21 heavy (non-hydrogen) atoms. The quantitative estimate of drug-likeness (QED) is 0.755. The standard InChI is InChI=1S/C18H35NO2/c1-14-8-10-18(11-9-14)21-13-17(20)12-19-15(2)16-6-4-3-5-7-16/h14-20H,3-13H2,1-2H3. The molecule has 124 valence electrons. The first-order valence-electron chi connectivity index (χ1n) is 9.18. The Hall–Kier alpha value is -0.120. The summed E-state index contributed by atoms with van der Waals surface area (Å²) in [6.45, 7) is 5.75. The average Bonchev–Trinajstić information content (AvgIpc) is 2.53. The predicted molar refractivity (Wildman–Crippen MR) is 87.4 cm³/mol. The maximum Gasteiger partial charge on any atom is 0.0897 e. The molecule has 2 aliphatic rings. The Morgan fingerprint density at radius 1 is 1.05 bits per heavy atom. The van der Waals surface area contributed by atoms with E-state index in [1.165, 1.54) is 57.8 Å². The van der Waals surface area contributed by atoms with Gasteiger partial charge in [0, 0.05) is 12.6 Å². The van der Waals surface area contributed by atoms with Crippen LogP contribution in [0.1, 0.15) is 71.6 Å². The molecule has 2 aliphatic carbocycles. The van der Waals surface area contributed by atoms with Crippen LogP contribution < -0.4 is 5.32 Å². The molecule has 3 nitrogen and oxygen atoms in total. The zero-order chi connectivity index (χ0) is 15.1. The second kappa shape index (κ2) is 9.12. The van der Waals surface area contributed by atoms with Gasteiger partial charge in [-0.3, -0.25) is 0 Å². The van der Waals surface area contributed by atoms with Crippen molar-refractivity contribution in [3.63, 3.8) is 0 Å². The van der Waals surface area contributed by atoms with Gasteiger partial charge < -0.3 is 15.2 Å². The molecular formula is C18H35NO2. The van der Waals surface area contributed by atoms with Crippen molar-refractivity contribution >= 4 is 0 Å². The molecule has 2 fully saturated rings. The topological polar surface area (TPSA) is 41.5 Å². The van der Waals surface area contributed by atoms with E-state index in [0.717, 1.165) is 11.8 Å². The zero-order valence-corrected chi connectivity index (χ0v) is 14.0. The second-order valence-electron chi connectivity index (χ2n) is 7.46. The highest BCUT2D eigenvalue weighted by atomic mass is 16.5. The van der Waals surface area contributed by atoms with Crippen molar-refractivity contribution in [3.05, 3.63) is 0 Å². The van der Waals surface area contributed by atoms with E-state index in [9.17, 15) is 5.11 Å². The van der Waals surface area contributed by atoms with Gasteiger partial charge in [0.05, 0.1) is 18.8 Å². The molecule has 0 spiro atoms. The molecule has 3 heteroatoms. The second-order valence-corrected chi connectivity index (χ2v) is 7.46. The molecule has 0 aromatic rings. The van der Waals surface area contributed by atoms with Crippen LogP contribution in [0.15, 0.2) is 0 Å². The minimum atomic E-state index is -0.365. The monoisotopic (exact) mass is 297 g/mol. The number of hydrogen-bond donors (Lipinski definition) is 2. The molecule has 2 N–H and O–H groups in total. The summed E-state index contributed by atoms with van der Waals surface area (Å²) >= 11 is 0. The van der Waals surface area contributed by atoms with E-state index in [1.807, 2.05) is 0 Å². The van der Waals surface area contributed by atoms with Gasteiger partial charge in [-0.15, -0.1) is 0 Å². The molecule has 0 aromatic heterocycles. The third-order valence-electron chi connectivity index (χ3n) is 5.52. The maximum atomic E-state index is 10.1. The lowest BCUT2D eigenvalue weighted by Crippen LogP contribution is -2.41. The smallest absolute Gasteiger partial charge is 0.0897 e. The largest absolute Gasteiger partial charge is 0.389 e. The maximum absolute atomic E-state index is 10.1. The molecule has 0 radical (unpaired) electrons. The summed E-state index contributed by atoms with van der Waals surface area (Å²) in [5.41, 5.74) is 0. The number of aliphatic hydroxyl groups excluding tert-OH is 1. The van der Waals surface area contributed by atoms with E-state index in [4.69, 9.17) is 4.74 Å². The predicted octanol–water partition coefficient (Wildman–Crippen LogP) is 3.50. The molecule has 2 saturated carbocycles. The highest BCUT2D eigenvalue weighted by Crippen LogP contribution is 2.27. The number of nitrogens with one attached hydrogen (secondary N) is 1. The third-order valence-corrected chi connectivity index (χ3v) is 5.52. The first-order chi connectivity index (χ1) is 10.1. The van der Waals surface area contributed by atoms with Gasteiger partial charge in [-0.05, 0) is 57.3 Å². The fourth-order valence-corrected chi connectivity index (χ4v) is 3.83. The van der Waals surface area contributed by atoms with E-state index in [-0.39, 0.29) is 6.10 Å². The fraction of sp³-hybridized carbons (Fsp3) is 1.00. The van der Waals surface area contributed by atoms with Crippen molar-refractivity contribution in [2.75, 3.05) is 13.2 Å². The van der Waals surface area contributed by atoms with Crippen LogP contribution in [-0.4, -0.2) is 36.5 Å². The lowest BCUT2D eigenvalue weighted by atomic mass is 9.84. The van der Waals surface area contributed by atoms with Crippen LogP contribution in [0, 0.1) is 11.8 Å². The molecule has 2 atom stereocenters. The van der Waals surface area contributed by atoms with E-state index >= 15 is 0 Å². The molecule has 0 bridgehead atoms. The van der Waals surface area contributed by atoms with Gasteiger partial charge in [0.15, 0.2) is 0 Å². The summed E-state index contributed by atoms with van der Waals surface area (Å²) in [4.78, 5) is 0. The fourth-order valence-electron chi connectivity index (χ4n) is 3.83. The zero-order valence-electron chi connectivity index (χ0n) is 14.0. The van der Waals surface area contributed by atoms with Crippen LogP contribution in [0.25, 0.3) is 0 Å². The van der Waals surface area contributed by atoms with Gasteiger partial charge in [-0.25, -0.2) is 0 Å². The van der Waals surface area contributed by atoms with Crippen LogP contribution >= 0.6 is 0 Å². The van der Waals surface area contributed by atoms with E-state index in [1.54, 1.807) is 0 Å². The van der Waals surface area contributed by atoms with Gasteiger partial charge >= 0.3 is 0 Å². The van der Waals surface area contributed by atoms with Crippen LogP contribution in [-0.2, 0) is 4.74 Å². The number of ether oxygens (including phenoxy) is 1. The van der Waals surface area contributed by atoms with Crippen molar-refractivity contribution in [1.82, 2.24) is 5.32 Å². The van der Waals surface area contributed by atoms with Crippen LogP contribution in [0.3, 0.4) is 0 Å². The Morgan fingerprint density at radius 3 is 2.38 bits per heavy atom. The lowest BCUT2D eigenvalue weighted by Gasteiger charge is -2.30. The third kappa shape index (κ3) is 6.25. The minimum absolute atomic E-state index is 0.365. The molecule has 0 heterocycles. The Kier molecular flexibility index (Phi) is 7.48. The van der Waals surface area contributed by atoms with Crippen LogP contribution in [0.4, 0.5) is 0 Å². The summed E-state index contributed by atoms with van der Waals surface area (Å²) < 4.78 is 5.88. The first kappa shape index (κ1) is 17.2. The molecule has 0 amide bonds. The molecule has 2 rings (SSSR count). The van der Waals surface area contributed by atoms with Crippen LogP contribution in [0.2, 0.25) is 0 Å². The highest BCUT2D eigenvalue weighted by Gasteiger charge is 2.22. The Labute approximate surface area is 130 Å². The van der Waals surface area contributed by atoms with Gasteiger partial charge in [0.2, 0.25) is 0 Å². The summed E-state index contributed by atoms with van der Waals surface area (Å²) in [5, 5.41) is 13.6. The van der Waals surface area contributed by atoms with Crippen molar-refractivity contribution < 1.29 is 9.84 Å². The summed E-state index contributed by atoms with van der Waals surface area (Å²) in [6, 6.07) is 0.524. The summed E-state index contributed by atoms with van der Waals surface area (Å²) in [5.74, 6) is 1.65. The van der Waals surface area contributed by atoms with Crippen molar-refractivity contribution in [1.29, 1.82) is 0 Å². The average molecular weight is 297 g/mol.